The summed E-state index contributed by atoms with van der Waals surface area (Å²) in [5.41, 5.74) is 0. The van der Waals surface area contributed by atoms with Crippen LogP contribution >= 0.6 is 0 Å². The smallest absolute Gasteiger partial charge is 0.448 e. The summed E-state index contributed by atoms with van der Waals surface area (Å²) in [6.45, 7) is 16.0. The lowest BCUT2D eigenvalue weighted by atomic mass is 10.1. The number of hydrogen-bond acceptors (Lipinski definition) is 7. The molecule has 0 radical (unpaired) electrons. The third-order valence-corrected chi connectivity index (χ3v) is 8.34. The van der Waals surface area contributed by atoms with Crippen LogP contribution in [-0.2, 0) is 27.6 Å². The zero-order valence-electron chi connectivity index (χ0n) is 23.5. The van der Waals surface area contributed by atoms with E-state index in [9.17, 15) is 14.4 Å². The van der Waals surface area contributed by atoms with Crippen LogP contribution in [0, 0.1) is 11.8 Å². The summed E-state index contributed by atoms with van der Waals surface area (Å²) in [5, 5.41) is 5.42. The Balaban J connectivity index is 0. The Kier molecular flexibility index (Phi) is 21.9. The fourth-order valence-corrected chi connectivity index (χ4v) is 5.45. The number of carbonyl (C=O) groups excluding carboxylic acids is 3. The van der Waals surface area contributed by atoms with E-state index in [2.05, 4.69) is 10.6 Å². The Hall–Kier alpha value is -1.69. The van der Waals surface area contributed by atoms with Crippen molar-refractivity contribution >= 4 is 26.7 Å². The summed E-state index contributed by atoms with van der Waals surface area (Å²) in [4.78, 5) is 35.9. The maximum atomic E-state index is 11.7. The van der Waals surface area contributed by atoms with E-state index in [1.54, 1.807) is 19.0 Å². The Morgan fingerprint density at radius 3 is 1.71 bits per heavy atom. The third kappa shape index (κ3) is 17.4. The lowest BCUT2D eigenvalue weighted by Gasteiger charge is -2.28. The van der Waals surface area contributed by atoms with Gasteiger partial charge in [-0.3, -0.25) is 9.59 Å². The van der Waals surface area contributed by atoms with Crippen LogP contribution in [0.3, 0.4) is 0 Å². The predicted molar refractivity (Wildman–Crippen MR) is 140 cm³/mol. The summed E-state index contributed by atoms with van der Waals surface area (Å²) < 4.78 is 22.3. The van der Waals surface area contributed by atoms with Crippen molar-refractivity contribution in [1.82, 2.24) is 15.5 Å². The van der Waals surface area contributed by atoms with Gasteiger partial charge in [-0.05, 0) is 40.0 Å². The number of alkyl carbamates (subject to hydrolysis) is 1. The van der Waals surface area contributed by atoms with Gasteiger partial charge in [-0.2, -0.15) is 0 Å². The Bertz CT molecular complexity index is 562. The van der Waals surface area contributed by atoms with Crippen molar-refractivity contribution in [2.24, 2.45) is 11.8 Å². The van der Waals surface area contributed by atoms with Gasteiger partial charge in [-0.1, -0.05) is 27.7 Å². The maximum Gasteiger partial charge on any atom is 0.500 e. The Labute approximate surface area is 214 Å². The van der Waals surface area contributed by atoms with Crippen LogP contribution in [0.2, 0.25) is 6.04 Å². The molecule has 0 heterocycles. The van der Waals surface area contributed by atoms with E-state index in [0.29, 0.717) is 45.4 Å². The normalized spacial score (nSPS) is 12.6. The van der Waals surface area contributed by atoms with Crippen molar-refractivity contribution in [3.8, 4) is 0 Å². The van der Waals surface area contributed by atoms with Gasteiger partial charge in [-0.25, -0.2) is 4.79 Å². The SMILES string of the molecule is CCC(C)C(=O)N(C)C.CCO[Si](CCCNC(=O)OCCNC(=O)C(C)CC)(OCC)OCC. The fraction of sp³-hybridized carbons (Fsp3) is 0.875. The van der Waals surface area contributed by atoms with Crippen LogP contribution in [0.25, 0.3) is 0 Å². The molecule has 2 unspecified atom stereocenters. The van der Waals surface area contributed by atoms with Gasteiger partial charge in [0.2, 0.25) is 11.8 Å². The molecular weight excluding hydrogens is 470 g/mol. The Morgan fingerprint density at radius 1 is 0.800 bits per heavy atom. The van der Waals surface area contributed by atoms with Gasteiger partial charge in [0.1, 0.15) is 6.61 Å². The van der Waals surface area contributed by atoms with Crippen molar-refractivity contribution < 1.29 is 32.4 Å². The minimum absolute atomic E-state index is 0.0272. The number of nitrogens with zero attached hydrogens (tertiary/aromatic N) is 1. The lowest BCUT2D eigenvalue weighted by Crippen LogP contribution is -2.46. The first-order valence-corrected chi connectivity index (χ1v) is 14.8. The number of rotatable bonds is 17. The zero-order valence-corrected chi connectivity index (χ0v) is 24.5. The first-order valence-electron chi connectivity index (χ1n) is 12.8. The van der Waals surface area contributed by atoms with Crippen LogP contribution < -0.4 is 10.6 Å². The average Bonchev–Trinajstić information content (AvgIpc) is 2.83. The molecule has 0 aliphatic rings. The van der Waals surface area contributed by atoms with E-state index in [0.717, 1.165) is 12.8 Å². The summed E-state index contributed by atoms with van der Waals surface area (Å²) in [6.07, 6.45) is 1.88. The third-order valence-electron chi connectivity index (χ3n) is 5.19. The van der Waals surface area contributed by atoms with Crippen LogP contribution in [0.15, 0.2) is 0 Å². The van der Waals surface area contributed by atoms with Crippen molar-refractivity contribution in [1.29, 1.82) is 0 Å². The number of hydrogen-bond donors (Lipinski definition) is 2. The summed E-state index contributed by atoms with van der Waals surface area (Å²) in [6, 6.07) is 0.633. The molecule has 0 saturated heterocycles. The molecule has 0 aromatic carbocycles. The molecule has 2 atom stereocenters. The molecule has 2 N–H and O–H groups in total. The van der Waals surface area contributed by atoms with Crippen LogP contribution in [0.5, 0.6) is 0 Å². The summed E-state index contributed by atoms with van der Waals surface area (Å²) in [7, 11) is 0.907. The molecule has 0 aromatic heterocycles. The first-order chi connectivity index (χ1) is 16.5. The monoisotopic (exact) mass is 521 g/mol. The molecule has 10 nitrogen and oxygen atoms in total. The van der Waals surface area contributed by atoms with Gasteiger partial charge >= 0.3 is 14.9 Å². The highest BCUT2D eigenvalue weighted by atomic mass is 28.4. The number of carbonyl (C=O) groups is 3. The molecule has 0 aliphatic heterocycles. The first kappa shape index (κ1) is 35.5. The average molecular weight is 522 g/mol. The van der Waals surface area contributed by atoms with Gasteiger partial charge in [0, 0.05) is 58.3 Å². The van der Waals surface area contributed by atoms with E-state index in [4.69, 9.17) is 18.0 Å². The highest BCUT2D eigenvalue weighted by Gasteiger charge is 2.39. The van der Waals surface area contributed by atoms with Crippen LogP contribution in [-0.4, -0.2) is 85.2 Å². The molecule has 208 valence electrons. The van der Waals surface area contributed by atoms with Gasteiger partial charge in [0.25, 0.3) is 0 Å². The number of ether oxygens (including phenoxy) is 1. The van der Waals surface area contributed by atoms with Crippen molar-refractivity contribution in [3.63, 3.8) is 0 Å². The molecule has 0 fully saturated rings. The van der Waals surface area contributed by atoms with Crippen molar-refractivity contribution in [2.75, 3.05) is 53.6 Å². The molecular formula is C24H51N3O7Si. The van der Waals surface area contributed by atoms with Crippen molar-refractivity contribution in [3.05, 3.63) is 0 Å². The minimum Gasteiger partial charge on any atom is -0.448 e. The quantitative estimate of drug-likeness (QED) is 0.222. The van der Waals surface area contributed by atoms with E-state index in [1.165, 1.54) is 0 Å². The van der Waals surface area contributed by atoms with Crippen LogP contribution in [0.4, 0.5) is 4.79 Å². The molecule has 0 spiro atoms. The zero-order chi connectivity index (χ0) is 27.3. The maximum absolute atomic E-state index is 11.7. The summed E-state index contributed by atoms with van der Waals surface area (Å²) >= 11 is 0. The fourth-order valence-electron chi connectivity index (χ4n) is 2.84. The Morgan fingerprint density at radius 2 is 1.31 bits per heavy atom. The van der Waals surface area contributed by atoms with Gasteiger partial charge < -0.3 is 33.5 Å². The number of amides is 3. The summed E-state index contributed by atoms with van der Waals surface area (Å²) in [5.74, 6) is 0.340. The van der Waals surface area contributed by atoms with Gasteiger partial charge in [0.15, 0.2) is 0 Å². The second-order valence-corrected chi connectivity index (χ2v) is 11.0. The molecule has 0 aromatic rings. The molecule has 0 aliphatic carbocycles. The minimum atomic E-state index is -2.67. The van der Waals surface area contributed by atoms with Gasteiger partial charge in [-0.15, -0.1) is 0 Å². The molecule has 35 heavy (non-hydrogen) atoms. The molecule has 0 bridgehead atoms. The molecule has 0 rings (SSSR count). The molecule has 0 saturated carbocycles. The molecule has 11 heteroatoms. The van der Waals surface area contributed by atoms with E-state index < -0.39 is 14.9 Å². The van der Waals surface area contributed by atoms with Gasteiger partial charge in [0.05, 0.1) is 6.54 Å². The topological polar surface area (TPSA) is 115 Å². The highest BCUT2D eigenvalue weighted by molar-refractivity contribution is 6.60. The lowest BCUT2D eigenvalue weighted by molar-refractivity contribution is -0.132. The predicted octanol–water partition coefficient (Wildman–Crippen LogP) is 3.43. The highest BCUT2D eigenvalue weighted by Crippen LogP contribution is 2.17. The largest absolute Gasteiger partial charge is 0.500 e. The van der Waals surface area contributed by atoms with E-state index >= 15 is 0 Å². The second kappa shape index (κ2) is 21.6. The van der Waals surface area contributed by atoms with Crippen LogP contribution in [0.1, 0.15) is 67.7 Å². The van der Waals surface area contributed by atoms with E-state index in [-0.39, 0.29) is 30.3 Å². The molecule has 3 amide bonds. The standard InChI is InChI=1S/C17H36N2O6Si.C7H15NO/c1-6-15(5)16(20)18-12-13-22-17(21)19-11-10-14-26(23-7-2,24-8-3)25-9-4;1-5-6(2)7(9)8(3)4/h15H,6-14H2,1-5H3,(H,18,20)(H,19,21);6H,5H2,1-4H3. The number of nitrogens with one attached hydrogen (secondary N) is 2. The second-order valence-electron chi connectivity index (χ2n) is 8.29. The van der Waals surface area contributed by atoms with E-state index in [1.807, 2.05) is 48.5 Å². The van der Waals surface area contributed by atoms with Crippen molar-refractivity contribution in [2.45, 2.75) is 73.8 Å².